The molecular formula is C15H24O8. The molecule has 0 aromatic rings. The minimum absolute atomic E-state index is 0.00392. The predicted molar refractivity (Wildman–Crippen MR) is 77.8 cm³/mol. The van der Waals surface area contributed by atoms with Gasteiger partial charge < -0.3 is 18.9 Å². The lowest BCUT2D eigenvalue weighted by Crippen LogP contribution is -2.14. The van der Waals surface area contributed by atoms with E-state index in [0.29, 0.717) is 12.8 Å². The molecule has 23 heavy (non-hydrogen) atoms. The zero-order valence-electron chi connectivity index (χ0n) is 13.6. The number of rotatable bonds is 12. The number of carbonyl (C=O) groups is 4. The Hall–Kier alpha value is -2.12. The third kappa shape index (κ3) is 13.3. The Morgan fingerprint density at radius 2 is 0.870 bits per heavy atom. The van der Waals surface area contributed by atoms with E-state index in [2.05, 4.69) is 18.9 Å². The fraction of sp³-hybridized carbons (Fsp3) is 0.733. The fourth-order valence-electron chi connectivity index (χ4n) is 1.40. The molecule has 0 spiro atoms. The molecule has 8 nitrogen and oxygen atoms in total. The molecular weight excluding hydrogens is 308 g/mol. The summed E-state index contributed by atoms with van der Waals surface area (Å²) in [6, 6.07) is 0. The van der Waals surface area contributed by atoms with Gasteiger partial charge in [0, 0.05) is 25.7 Å². The van der Waals surface area contributed by atoms with Gasteiger partial charge in [-0.3, -0.25) is 19.2 Å². The maximum absolute atomic E-state index is 11.3. The zero-order chi connectivity index (χ0) is 17.5. The highest BCUT2D eigenvalue weighted by Gasteiger charge is 2.09. The Morgan fingerprint density at radius 3 is 1.17 bits per heavy atom. The molecule has 0 atom stereocenters. The van der Waals surface area contributed by atoms with Crippen LogP contribution in [0, 0.1) is 0 Å². The van der Waals surface area contributed by atoms with Crippen molar-refractivity contribution in [1.82, 2.24) is 0 Å². The van der Waals surface area contributed by atoms with Gasteiger partial charge in [-0.1, -0.05) is 13.8 Å². The highest BCUT2D eigenvalue weighted by atomic mass is 16.7. The van der Waals surface area contributed by atoms with Gasteiger partial charge in [-0.25, -0.2) is 0 Å². The van der Waals surface area contributed by atoms with Gasteiger partial charge in [0.1, 0.15) is 0 Å². The summed E-state index contributed by atoms with van der Waals surface area (Å²) in [6.07, 6.45) is 2.07. The normalized spacial score (nSPS) is 9.83. The smallest absolute Gasteiger partial charge is 0.308 e. The van der Waals surface area contributed by atoms with Crippen molar-refractivity contribution in [2.75, 3.05) is 13.6 Å². The molecule has 0 N–H and O–H groups in total. The van der Waals surface area contributed by atoms with Crippen LogP contribution in [0.5, 0.6) is 0 Å². The van der Waals surface area contributed by atoms with Crippen LogP contribution < -0.4 is 0 Å². The molecule has 0 saturated carbocycles. The molecule has 0 amide bonds. The summed E-state index contributed by atoms with van der Waals surface area (Å²) >= 11 is 0. The molecule has 0 saturated heterocycles. The maximum Gasteiger partial charge on any atom is 0.308 e. The highest BCUT2D eigenvalue weighted by molar-refractivity contribution is 5.73. The summed E-state index contributed by atoms with van der Waals surface area (Å²) in [5.74, 6) is -2.00. The second-order valence-electron chi connectivity index (χ2n) is 4.65. The van der Waals surface area contributed by atoms with Gasteiger partial charge in [-0.2, -0.15) is 0 Å². The molecule has 0 aliphatic rings. The number of carbonyl (C=O) groups excluding carboxylic acids is 4. The molecule has 0 fully saturated rings. The molecule has 8 heteroatoms. The molecule has 0 aromatic heterocycles. The Balaban J connectivity index is 3.57. The summed E-state index contributed by atoms with van der Waals surface area (Å²) < 4.78 is 18.7. The Labute approximate surface area is 135 Å². The minimum Gasteiger partial charge on any atom is -0.428 e. The van der Waals surface area contributed by atoms with Crippen molar-refractivity contribution < 1.29 is 38.1 Å². The number of ether oxygens (including phenoxy) is 4. The maximum atomic E-state index is 11.3. The molecule has 0 rings (SSSR count). The first-order valence-electron chi connectivity index (χ1n) is 7.62. The van der Waals surface area contributed by atoms with Gasteiger partial charge in [0.2, 0.25) is 13.6 Å². The Morgan fingerprint density at radius 1 is 0.565 bits per heavy atom. The second kappa shape index (κ2) is 13.5. The second-order valence-corrected chi connectivity index (χ2v) is 4.65. The number of hydrogen-bond acceptors (Lipinski definition) is 8. The highest BCUT2D eigenvalue weighted by Crippen LogP contribution is 2.01. The zero-order valence-corrected chi connectivity index (χ0v) is 13.6. The number of hydrogen-bond donors (Lipinski definition) is 0. The molecule has 0 bridgehead atoms. The first-order valence-corrected chi connectivity index (χ1v) is 7.62. The monoisotopic (exact) mass is 332 g/mol. The number of esters is 4. The molecule has 0 heterocycles. The topological polar surface area (TPSA) is 105 Å². The predicted octanol–water partition coefficient (Wildman–Crippen LogP) is 1.84. The van der Waals surface area contributed by atoms with Gasteiger partial charge in [0.05, 0.1) is 0 Å². The summed E-state index contributed by atoms with van der Waals surface area (Å²) in [4.78, 5) is 44.6. The van der Waals surface area contributed by atoms with E-state index in [1.54, 1.807) is 0 Å². The summed E-state index contributed by atoms with van der Waals surface area (Å²) in [7, 11) is 0. The SMILES string of the molecule is CCCC(=O)OCOC(=O)CCCC(=O)OCOC(=O)CCC. The van der Waals surface area contributed by atoms with E-state index in [4.69, 9.17) is 0 Å². The van der Waals surface area contributed by atoms with Gasteiger partial charge in [0.25, 0.3) is 0 Å². The fourth-order valence-corrected chi connectivity index (χ4v) is 1.40. The lowest BCUT2D eigenvalue weighted by atomic mass is 10.2. The van der Waals surface area contributed by atoms with E-state index in [0.717, 1.165) is 0 Å². The summed E-state index contributed by atoms with van der Waals surface area (Å²) in [6.45, 7) is 2.82. The van der Waals surface area contributed by atoms with Crippen LogP contribution in [-0.2, 0) is 38.1 Å². The van der Waals surface area contributed by atoms with E-state index < -0.39 is 37.5 Å². The van der Waals surface area contributed by atoms with Gasteiger partial charge in [-0.05, 0) is 19.3 Å². The van der Waals surface area contributed by atoms with Crippen LogP contribution >= 0.6 is 0 Å². The molecule has 0 unspecified atom stereocenters. The van der Waals surface area contributed by atoms with E-state index in [1.807, 2.05) is 13.8 Å². The van der Waals surface area contributed by atoms with Crippen molar-refractivity contribution >= 4 is 23.9 Å². The lowest BCUT2D eigenvalue weighted by Gasteiger charge is -2.07. The average Bonchev–Trinajstić information content (AvgIpc) is 2.47. The van der Waals surface area contributed by atoms with Crippen LogP contribution in [0.15, 0.2) is 0 Å². The average molecular weight is 332 g/mol. The van der Waals surface area contributed by atoms with Crippen molar-refractivity contribution in [1.29, 1.82) is 0 Å². The van der Waals surface area contributed by atoms with Crippen molar-refractivity contribution in [3.8, 4) is 0 Å². The van der Waals surface area contributed by atoms with Crippen LogP contribution in [0.3, 0.4) is 0 Å². The van der Waals surface area contributed by atoms with E-state index >= 15 is 0 Å². The van der Waals surface area contributed by atoms with E-state index in [-0.39, 0.29) is 32.1 Å². The van der Waals surface area contributed by atoms with Gasteiger partial charge in [0.15, 0.2) is 0 Å². The minimum atomic E-state index is -0.573. The van der Waals surface area contributed by atoms with Crippen LogP contribution in [0.25, 0.3) is 0 Å². The molecule has 0 aliphatic carbocycles. The van der Waals surface area contributed by atoms with E-state index in [1.165, 1.54) is 0 Å². The van der Waals surface area contributed by atoms with Gasteiger partial charge in [-0.15, -0.1) is 0 Å². The van der Waals surface area contributed by atoms with Crippen LogP contribution in [0.2, 0.25) is 0 Å². The van der Waals surface area contributed by atoms with E-state index in [9.17, 15) is 19.2 Å². The van der Waals surface area contributed by atoms with Crippen molar-refractivity contribution in [2.24, 2.45) is 0 Å². The third-order valence-corrected chi connectivity index (χ3v) is 2.55. The van der Waals surface area contributed by atoms with Crippen molar-refractivity contribution in [2.45, 2.75) is 58.8 Å². The first-order chi connectivity index (χ1) is 11.0. The molecule has 0 aromatic carbocycles. The van der Waals surface area contributed by atoms with Crippen molar-refractivity contribution in [3.05, 3.63) is 0 Å². The van der Waals surface area contributed by atoms with Gasteiger partial charge >= 0.3 is 23.9 Å². The largest absolute Gasteiger partial charge is 0.428 e. The molecule has 132 valence electrons. The first kappa shape index (κ1) is 20.9. The molecule has 0 aliphatic heterocycles. The van der Waals surface area contributed by atoms with Crippen LogP contribution in [-0.4, -0.2) is 37.5 Å². The standard InChI is InChI=1S/C15H24O8/c1-3-6-12(16)20-10-22-14(18)8-5-9-15(19)23-11-21-13(17)7-4-2/h3-11H2,1-2H3. The lowest BCUT2D eigenvalue weighted by molar-refractivity contribution is -0.167. The molecule has 0 radical (unpaired) electrons. The summed E-state index contributed by atoms with van der Waals surface area (Å²) in [5.41, 5.74) is 0. The third-order valence-electron chi connectivity index (χ3n) is 2.55. The Kier molecular flexibility index (Phi) is 12.3. The Bertz CT molecular complexity index is 355. The van der Waals surface area contributed by atoms with Crippen LogP contribution in [0.1, 0.15) is 58.8 Å². The van der Waals surface area contributed by atoms with Crippen LogP contribution in [0.4, 0.5) is 0 Å². The van der Waals surface area contributed by atoms with Crippen molar-refractivity contribution in [3.63, 3.8) is 0 Å². The quantitative estimate of drug-likeness (QED) is 0.394. The summed E-state index contributed by atoms with van der Waals surface area (Å²) in [5, 5.41) is 0.